The van der Waals surface area contributed by atoms with Gasteiger partial charge in [-0.05, 0) is 26.0 Å². The van der Waals surface area contributed by atoms with Crippen LogP contribution >= 0.6 is 11.3 Å². The molecule has 0 saturated carbocycles. The van der Waals surface area contributed by atoms with Gasteiger partial charge < -0.3 is 9.88 Å². The molecule has 2 aromatic heterocycles. The molecule has 0 aliphatic heterocycles. The van der Waals surface area contributed by atoms with Gasteiger partial charge in [-0.25, -0.2) is 4.98 Å². The number of aromatic nitrogens is 2. The lowest BCUT2D eigenvalue weighted by molar-refractivity contribution is 0.554. The third-order valence-corrected chi connectivity index (χ3v) is 3.68. The quantitative estimate of drug-likeness (QED) is 0.882. The van der Waals surface area contributed by atoms with Crippen molar-refractivity contribution in [2.45, 2.75) is 26.3 Å². The van der Waals surface area contributed by atoms with Crippen LogP contribution in [0.4, 0.5) is 5.95 Å². The molecule has 0 aromatic carbocycles. The number of hydrogen-bond acceptors (Lipinski definition) is 3. The van der Waals surface area contributed by atoms with Crippen molar-refractivity contribution >= 4 is 17.3 Å². The third kappa shape index (κ3) is 2.27. The van der Waals surface area contributed by atoms with E-state index in [1.165, 1.54) is 9.75 Å². The second-order valence-electron chi connectivity index (χ2n) is 3.97. The molecule has 0 radical (unpaired) electrons. The molecule has 86 valence electrons. The standard InChI is InChI=1S/C12H17N3S/c1-9(8-11-5-4-10(2)16-11)15-7-6-14-12(15)13-3/h4-7,9H,8H2,1-3H3,(H,13,14). The summed E-state index contributed by atoms with van der Waals surface area (Å²) >= 11 is 1.87. The molecule has 0 amide bonds. The van der Waals surface area contributed by atoms with Gasteiger partial charge in [-0.15, -0.1) is 11.3 Å². The predicted octanol–water partition coefficient (Wildman–Crippen LogP) is 3.10. The first-order chi connectivity index (χ1) is 7.70. The van der Waals surface area contributed by atoms with Crippen LogP contribution in [-0.4, -0.2) is 16.6 Å². The average Bonchev–Trinajstić information content (AvgIpc) is 2.86. The molecule has 0 bridgehead atoms. The number of nitrogens with zero attached hydrogens (tertiary/aromatic N) is 2. The van der Waals surface area contributed by atoms with Gasteiger partial charge in [0.25, 0.3) is 0 Å². The molecule has 0 saturated heterocycles. The van der Waals surface area contributed by atoms with Gasteiger partial charge in [0, 0.05) is 41.7 Å². The SMILES string of the molecule is CNc1nccn1C(C)Cc1ccc(C)s1. The number of imidazole rings is 1. The monoisotopic (exact) mass is 235 g/mol. The minimum absolute atomic E-state index is 0.433. The van der Waals surface area contributed by atoms with Crippen LogP contribution in [0.5, 0.6) is 0 Å². The van der Waals surface area contributed by atoms with E-state index >= 15 is 0 Å². The molecule has 1 unspecified atom stereocenters. The zero-order valence-corrected chi connectivity index (χ0v) is 10.7. The Labute approximate surface area is 100 Å². The van der Waals surface area contributed by atoms with Crippen molar-refractivity contribution < 1.29 is 0 Å². The van der Waals surface area contributed by atoms with Crippen molar-refractivity contribution in [1.29, 1.82) is 0 Å². The van der Waals surface area contributed by atoms with Crippen molar-refractivity contribution in [2.24, 2.45) is 0 Å². The normalized spacial score (nSPS) is 12.7. The summed E-state index contributed by atoms with van der Waals surface area (Å²) in [4.78, 5) is 7.07. The summed E-state index contributed by atoms with van der Waals surface area (Å²) in [5.41, 5.74) is 0. The fourth-order valence-corrected chi connectivity index (χ4v) is 2.86. The van der Waals surface area contributed by atoms with E-state index in [9.17, 15) is 0 Å². The lowest BCUT2D eigenvalue weighted by Crippen LogP contribution is -2.10. The molecule has 16 heavy (non-hydrogen) atoms. The van der Waals surface area contributed by atoms with Crippen LogP contribution in [0.15, 0.2) is 24.5 Å². The first-order valence-corrected chi connectivity index (χ1v) is 6.28. The highest BCUT2D eigenvalue weighted by Crippen LogP contribution is 2.23. The Morgan fingerprint density at radius 2 is 2.31 bits per heavy atom. The van der Waals surface area contributed by atoms with E-state index in [4.69, 9.17) is 0 Å². The van der Waals surface area contributed by atoms with E-state index in [0.717, 1.165) is 12.4 Å². The van der Waals surface area contributed by atoms with Crippen LogP contribution < -0.4 is 5.32 Å². The summed E-state index contributed by atoms with van der Waals surface area (Å²) in [6.45, 7) is 4.37. The number of nitrogens with one attached hydrogen (secondary N) is 1. The molecule has 0 aliphatic rings. The van der Waals surface area contributed by atoms with Gasteiger partial charge in [0.15, 0.2) is 0 Å². The molecule has 2 heterocycles. The summed E-state index contributed by atoms with van der Waals surface area (Å²) < 4.78 is 2.18. The molecular weight excluding hydrogens is 218 g/mol. The lowest BCUT2D eigenvalue weighted by atomic mass is 10.2. The Hall–Kier alpha value is -1.29. The van der Waals surface area contributed by atoms with Crippen LogP contribution in [0.3, 0.4) is 0 Å². The Bertz CT molecular complexity index is 458. The van der Waals surface area contributed by atoms with Gasteiger partial charge in [-0.3, -0.25) is 0 Å². The van der Waals surface area contributed by atoms with Crippen molar-refractivity contribution in [1.82, 2.24) is 9.55 Å². The summed E-state index contributed by atoms with van der Waals surface area (Å²) in [5.74, 6) is 0.931. The second kappa shape index (κ2) is 4.70. The first kappa shape index (κ1) is 11.2. The Morgan fingerprint density at radius 3 is 2.94 bits per heavy atom. The second-order valence-corrected chi connectivity index (χ2v) is 5.35. The summed E-state index contributed by atoms with van der Waals surface area (Å²) in [7, 11) is 1.90. The average molecular weight is 235 g/mol. The fraction of sp³-hybridized carbons (Fsp3) is 0.417. The number of rotatable bonds is 4. The first-order valence-electron chi connectivity index (χ1n) is 5.46. The van der Waals surface area contributed by atoms with Gasteiger partial charge >= 0.3 is 0 Å². The highest BCUT2D eigenvalue weighted by Gasteiger charge is 2.10. The largest absolute Gasteiger partial charge is 0.359 e. The summed E-state index contributed by atoms with van der Waals surface area (Å²) in [6.07, 6.45) is 4.92. The number of thiophene rings is 1. The Morgan fingerprint density at radius 1 is 1.50 bits per heavy atom. The highest BCUT2D eigenvalue weighted by molar-refractivity contribution is 7.11. The minimum Gasteiger partial charge on any atom is -0.359 e. The van der Waals surface area contributed by atoms with Crippen molar-refractivity contribution in [3.63, 3.8) is 0 Å². The Balaban J connectivity index is 2.11. The van der Waals surface area contributed by atoms with Crippen LogP contribution in [0.2, 0.25) is 0 Å². The van der Waals surface area contributed by atoms with Crippen molar-refractivity contribution in [2.75, 3.05) is 12.4 Å². The summed E-state index contributed by atoms with van der Waals surface area (Å²) in [5, 5.41) is 3.10. The van der Waals surface area contributed by atoms with Crippen molar-refractivity contribution in [3.8, 4) is 0 Å². The molecule has 3 nitrogen and oxygen atoms in total. The van der Waals surface area contributed by atoms with Gasteiger partial charge in [0.05, 0.1) is 0 Å². The maximum Gasteiger partial charge on any atom is 0.202 e. The fourth-order valence-electron chi connectivity index (χ4n) is 1.85. The smallest absolute Gasteiger partial charge is 0.202 e. The van der Waals surface area contributed by atoms with Crippen LogP contribution in [0.25, 0.3) is 0 Å². The van der Waals surface area contributed by atoms with Crippen molar-refractivity contribution in [3.05, 3.63) is 34.3 Å². The minimum atomic E-state index is 0.433. The zero-order valence-electron chi connectivity index (χ0n) is 9.90. The van der Waals surface area contributed by atoms with E-state index in [1.54, 1.807) is 0 Å². The van der Waals surface area contributed by atoms with E-state index in [0.29, 0.717) is 6.04 Å². The highest BCUT2D eigenvalue weighted by atomic mass is 32.1. The number of aryl methyl sites for hydroxylation is 1. The number of hydrogen-bond donors (Lipinski definition) is 1. The van der Waals surface area contributed by atoms with E-state index in [2.05, 4.69) is 40.8 Å². The molecule has 4 heteroatoms. The van der Waals surface area contributed by atoms with E-state index in [-0.39, 0.29) is 0 Å². The van der Waals surface area contributed by atoms with Crippen LogP contribution in [0, 0.1) is 6.92 Å². The molecule has 2 rings (SSSR count). The Kier molecular flexibility index (Phi) is 3.29. The molecule has 0 aliphatic carbocycles. The van der Waals surface area contributed by atoms with Gasteiger partial charge in [0.1, 0.15) is 0 Å². The summed E-state index contributed by atoms with van der Waals surface area (Å²) in [6, 6.07) is 4.83. The molecule has 1 atom stereocenters. The van der Waals surface area contributed by atoms with E-state index < -0.39 is 0 Å². The molecule has 2 aromatic rings. The van der Waals surface area contributed by atoms with Gasteiger partial charge in [-0.2, -0.15) is 0 Å². The molecule has 1 N–H and O–H groups in total. The van der Waals surface area contributed by atoms with E-state index in [1.807, 2.05) is 30.8 Å². The molecule has 0 spiro atoms. The van der Waals surface area contributed by atoms with Gasteiger partial charge in [0.2, 0.25) is 5.95 Å². The molecular formula is C12H17N3S. The third-order valence-electron chi connectivity index (χ3n) is 2.66. The van der Waals surface area contributed by atoms with Crippen LogP contribution in [-0.2, 0) is 6.42 Å². The maximum absolute atomic E-state index is 4.26. The van der Waals surface area contributed by atoms with Gasteiger partial charge in [-0.1, -0.05) is 0 Å². The zero-order chi connectivity index (χ0) is 11.5. The maximum atomic E-state index is 4.26. The van der Waals surface area contributed by atoms with Crippen LogP contribution in [0.1, 0.15) is 22.7 Å². The molecule has 0 fully saturated rings. The topological polar surface area (TPSA) is 29.9 Å². The lowest BCUT2D eigenvalue weighted by Gasteiger charge is -2.15. The predicted molar refractivity (Wildman–Crippen MR) is 69.2 cm³/mol. The number of anilines is 1.